The van der Waals surface area contributed by atoms with Crippen molar-refractivity contribution in [3.05, 3.63) is 0 Å². The zero-order chi connectivity index (χ0) is 11.1. The summed E-state index contributed by atoms with van der Waals surface area (Å²) in [5.41, 5.74) is 0. The molecule has 3 nitrogen and oxygen atoms in total. The molecule has 0 aromatic rings. The summed E-state index contributed by atoms with van der Waals surface area (Å²) in [5.74, 6) is 0. The van der Waals surface area contributed by atoms with Gasteiger partial charge in [-0.1, -0.05) is 0 Å². The lowest BCUT2D eigenvalue weighted by molar-refractivity contribution is 0.376. The maximum absolute atomic E-state index is 12.1. The van der Waals surface area contributed by atoms with Crippen molar-refractivity contribution >= 4 is 22.6 Å². The highest BCUT2D eigenvalue weighted by Crippen LogP contribution is 2.01. The number of hydrogen-bond donors (Lipinski definition) is 0. The lowest BCUT2D eigenvalue weighted by Crippen LogP contribution is -2.62. The minimum atomic E-state index is -0.500. The van der Waals surface area contributed by atoms with E-state index in [1.165, 1.54) is 0 Å². The fourth-order valence-electron chi connectivity index (χ4n) is 1.30. The molecule has 0 bridgehead atoms. The van der Waals surface area contributed by atoms with Gasteiger partial charge in [0.05, 0.1) is 0 Å². The van der Waals surface area contributed by atoms with Gasteiger partial charge in [0.25, 0.3) is 22.6 Å². The first kappa shape index (κ1) is 12.9. The van der Waals surface area contributed by atoms with Crippen LogP contribution >= 0.6 is 0 Å². The van der Waals surface area contributed by atoms with Crippen LogP contribution < -0.4 is 0 Å². The topological polar surface area (TPSA) is 9.72 Å². The molecule has 0 saturated carbocycles. The Morgan fingerprint density at radius 1 is 0.600 bits per heavy atom. The van der Waals surface area contributed by atoms with E-state index in [4.69, 9.17) is 0 Å². The van der Waals surface area contributed by atoms with Crippen molar-refractivity contribution in [3.63, 3.8) is 0 Å². The van der Waals surface area contributed by atoms with Crippen LogP contribution in [-0.4, -0.2) is 76.5 Å². The first-order valence-electron chi connectivity index (χ1n) is 4.80. The Hall–Kier alpha value is -0.135. The Morgan fingerprint density at radius 3 is 1.07 bits per heavy atom. The molecule has 1 saturated heterocycles. The third kappa shape index (κ3) is 4.48. The highest BCUT2D eigenvalue weighted by atomic mass is 19.1. The fourth-order valence-corrected chi connectivity index (χ4v) is 1.30. The van der Waals surface area contributed by atoms with Crippen molar-refractivity contribution in [1.29, 1.82) is 0 Å². The Bertz CT molecular complexity index is 144. The second-order valence-electron chi connectivity index (χ2n) is 3.13. The van der Waals surface area contributed by atoms with E-state index in [-0.39, 0.29) is 19.6 Å². The van der Waals surface area contributed by atoms with Crippen LogP contribution in [0.3, 0.4) is 0 Å². The first-order chi connectivity index (χ1) is 7.30. The zero-order valence-corrected chi connectivity index (χ0v) is 8.45. The molecule has 81 valence electrons. The van der Waals surface area contributed by atoms with E-state index in [0.717, 1.165) is 0 Å². The summed E-state index contributed by atoms with van der Waals surface area (Å²) in [6.07, 6.45) is 0. The molecule has 0 N–H and O–H groups in total. The maximum Gasteiger partial charge on any atom is 0.290 e. The zero-order valence-electron chi connectivity index (χ0n) is 8.45. The van der Waals surface area contributed by atoms with Crippen molar-refractivity contribution in [1.82, 2.24) is 14.2 Å². The average molecular weight is 216 g/mol. The molecule has 0 aliphatic carbocycles. The van der Waals surface area contributed by atoms with Gasteiger partial charge in [0.2, 0.25) is 0 Å². The Kier molecular flexibility index (Phi) is 6.20. The third-order valence-electron chi connectivity index (χ3n) is 1.92. The molecular weight excluding hydrogens is 204 g/mol. The van der Waals surface area contributed by atoms with Crippen LogP contribution in [0.5, 0.6) is 0 Å². The van der Waals surface area contributed by atoms with Gasteiger partial charge in [-0.15, -0.1) is 0 Å². The molecule has 0 aromatic carbocycles. The number of alkyl halides is 3. The van der Waals surface area contributed by atoms with E-state index in [1.54, 1.807) is 36.8 Å². The molecule has 3 radical (unpaired) electrons. The Balaban J connectivity index is 2.40. The maximum atomic E-state index is 12.1. The SMILES string of the molecule is FCCN1[B]N(CCF)[B]N(CCF)[B]1. The van der Waals surface area contributed by atoms with Gasteiger partial charge in [-0.2, -0.15) is 0 Å². The number of hydrogen-bond acceptors (Lipinski definition) is 3. The lowest BCUT2D eigenvalue weighted by atomic mass is 9.74. The molecule has 1 fully saturated rings. The largest absolute Gasteiger partial charge is 0.363 e. The lowest BCUT2D eigenvalue weighted by Gasteiger charge is -2.38. The molecule has 1 aliphatic heterocycles. The van der Waals surface area contributed by atoms with Gasteiger partial charge in [0, 0.05) is 19.6 Å². The summed E-state index contributed by atoms with van der Waals surface area (Å²) in [5, 5.41) is 0. The number of rotatable bonds is 6. The van der Waals surface area contributed by atoms with Gasteiger partial charge in [0.1, 0.15) is 20.0 Å². The second-order valence-corrected chi connectivity index (χ2v) is 3.13. The predicted molar refractivity (Wildman–Crippen MR) is 55.3 cm³/mol. The van der Waals surface area contributed by atoms with Gasteiger partial charge in [-0.05, 0) is 0 Å². The van der Waals surface area contributed by atoms with Gasteiger partial charge >= 0.3 is 0 Å². The van der Waals surface area contributed by atoms with E-state index in [1.807, 2.05) is 0 Å². The molecular formula is C6H12B3F3N3. The minimum absolute atomic E-state index is 0.194. The van der Waals surface area contributed by atoms with E-state index in [0.29, 0.717) is 0 Å². The van der Waals surface area contributed by atoms with E-state index >= 15 is 0 Å². The molecule has 9 heteroatoms. The first-order valence-corrected chi connectivity index (χ1v) is 4.80. The minimum Gasteiger partial charge on any atom is -0.363 e. The molecule has 0 atom stereocenters. The molecule has 1 heterocycles. The molecule has 1 rings (SSSR count). The summed E-state index contributed by atoms with van der Waals surface area (Å²) in [4.78, 5) is 0. The normalized spacial score (nSPS) is 19.4. The van der Waals surface area contributed by atoms with Gasteiger partial charge < -0.3 is 14.2 Å². The number of halogens is 3. The van der Waals surface area contributed by atoms with Crippen LogP contribution in [0.1, 0.15) is 0 Å². The standard InChI is InChI=1S/C6H12B3F3N3/c10-1-4-13-7-14(5-2-11)9-15(8-13)6-3-12/h1-6H2. The van der Waals surface area contributed by atoms with E-state index in [2.05, 4.69) is 0 Å². The molecule has 0 amide bonds. The van der Waals surface area contributed by atoms with Crippen molar-refractivity contribution in [3.8, 4) is 0 Å². The van der Waals surface area contributed by atoms with Crippen LogP contribution in [0.2, 0.25) is 0 Å². The van der Waals surface area contributed by atoms with Crippen LogP contribution in [0.25, 0.3) is 0 Å². The third-order valence-corrected chi connectivity index (χ3v) is 1.92. The highest BCUT2D eigenvalue weighted by Gasteiger charge is 2.27. The van der Waals surface area contributed by atoms with Crippen molar-refractivity contribution < 1.29 is 13.2 Å². The van der Waals surface area contributed by atoms with E-state index < -0.39 is 20.0 Å². The van der Waals surface area contributed by atoms with Gasteiger partial charge in [-0.25, -0.2) is 13.2 Å². The number of nitrogens with zero attached hydrogens (tertiary/aromatic N) is 3. The van der Waals surface area contributed by atoms with Crippen LogP contribution in [-0.2, 0) is 0 Å². The van der Waals surface area contributed by atoms with Crippen LogP contribution in [0.15, 0.2) is 0 Å². The van der Waals surface area contributed by atoms with Crippen LogP contribution in [0, 0.1) is 0 Å². The summed E-state index contributed by atoms with van der Waals surface area (Å²) < 4.78 is 41.1. The van der Waals surface area contributed by atoms with Crippen molar-refractivity contribution in [2.45, 2.75) is 0 Å². The molecule has 15 heavy (non-hydrogen) atoms. The van der Waals surface area contributed by atoms with Crippen molar-refractivity contribution in [2.24, 2.45) is 0 Å². The highest BCUT2D eigenvalue weighted by molar-refractivity contribution is 6.64. The molecule has 0 unspecified atom stereocenters. The Labute approximate surface area is 90.4 Å². The van der Waals surface area contributed by atoms with Gasteiger partial charge in [0.15, 0.2) is 0 Å². The monoisotopic (exact) mass is 216 g/mol. The summed E-state index contributed by atoms with van der Waals surface area (Å²) >= 11 is 0. The smallest absolute Gasteiger partial charge is 0.290 e. The van der Waals surface area contributed by atoms with E-state index in [9.17, 15) is 13.2 Å². The predicted octanol–water partition coefficient (Wildman–Crippen LogP) is -0.583. The van der Waals surface area contributed by atoms with Gasteiger partial charge in [-0.3, -0.25) is 0 Å². The van der Waals surface area contributed by atoms with Crippen molar-refractivity contribution in [2.75, 3.05) is 39.7 Å². The summed E-state index contributed by atoms with van der Waals surface area (Å²) in [7, 11) is 4.82. The second kappa shape index (κ2) is 7.19. The summed E-state index contributed by atoms with van der Waals surface area (Å²) in [6, 6.07) is 0. The fraction of sp³-hybridized carbons (Fsp3) is 1.00. The van der Waals surface area contributed by atoms with Crippen LogP contribution in [0.4, 0.5) is 13.2 Å². The quantitative estimate of drug-likeness (QED) is 0.549. The molecule has 1 aliphatic rings. The summed E-state index contributed by atoms with van der Waals surface area (Å²) in [6.45, 7) is -0.919. The molecule has 0 spiro atoms. The average Bonchev–Trinajstić information content (AvgIpc) is 2.19. The molecule has 0 aromatic heterocycles. The Morgan fingerprint density at radius 2 is 0.867 bits per heavy atom.